The molecule has 5 heteroatoms. The molecule has 2 aliphatic heterocycles. The van der Waals surface area contributed by atoms with Crippen molar-refractivity contribution >= 4 is 5.96 Å². The number of rotatable bonds is 6. The molecule has 2 saturated heterocycles. The van der Waals surface area contributed by atoms with Crippen LogP contribution in [0.3, 0.4) is 0 Å². The fourth-order valence-electron chi connectivity index (χ4n) is 5.25. The van der Waals surface area contributed by atoms with Crippen molar-refractivity contribution in [1.29, 1.82) is 0 Å². The Morgan fingerprint density at radius 3 is 2.52 bits per heavy atom. The van der Waals surface area contributed by atoms with E-state index in [2.05, 4.69) is 59.7 Å². The van der Waals surface area contributed by atoms with Gasteiger partial charge in [-0.25, -0.2) is 0 Å². The zero-order chi connectivity index (χ0) is 20.2. The first-order chi connectivity index (χ1) is 14.1. The van der Waals surface area contributed by atoms with Crippen LogP contribution in [0.1, 0.15) is 64.0 Å². The van der Waals surface area contributed by atoms with Crippen molar-refractivity contribution in [1.82, 2.24) is 15.5 Å². The largest absolute Gasteiger partial charge is 0.381 e. The Balaban J connectivity index is 1.47. The average Bonchev–Trinajstić information content (AvgIpc) is 3.19. The van der Waals surface area contributed by atoms with Crippen LogP contribution in [0.25, 0.3) is 0 Å². The van der Waals surface area contributed by atoms with Crippen LogP contribution >= 0.6 is 0 Å². The molecule has 2 heterocycles. The van der Waals surface area contributed by atoms with Gasteiger partial charge < -0.3 is 20.3 Å². The highest BCUT2D eigenvalue weighted by atomic mass is 16.5. The second kappa shape index (κ2) is 9.05. The molecule has 3 fully saturated rings. The molecule has 0 bridgehead atoms. The van der Waals surface area contributed by atoms with E-state index in [-0.39, 0.29) is 5.54 Å². The zero-order valence-electron chi connectivity index (χ0n) is 18.3. The van der Waals surface area contributed by atoms with Gasteiger partial charge in [0, 0.05) is 44.4 Å². The monoisotopic (exact) mass is 398 g/mol. The molecule has 1 unspecified atom stereocenters. The van der Waals surface area contributed by atoms with E-state index < -0.39 is 0 Å². The number of likely N-dealkylation sites (tertiary alicyclic amines) is 1. The van der Waals surface area contributed by atoms with Crippen LogP contribution in [-0.4, -0.2) is 55.8 Å². The molecule has 3 aliphatic rings. The van der Waals surface area contributed by atoms with Crippen LogP contribution in [-0.2, 0) is 4.74 Å². The van der Waals surface area contributed by atoms with Gasteiger partial charge in [-0.3, -0.25) is 4.99 Å². The van der Waals surface area contributed by atoms with E-state index in [0.717, 1.165) is 51.6 Å². The smallest absolute Gasteiger partial charge is 0.193 e. The molecule has 5 nitrogen and oxygen atoms in total. The summed E-state index contributed by atoms with van der Waals surface area (Å²) in [6.45, 7) is 10.1. The minimum Gasteiger partial charge on any atom is -0.381 e. The Morgan fingerprint density at radius 2 is 1.90 bits per heavy atom. The molecule has 1 saturated carbocycles. The third-order valence-electron chi connectivity index (χ3n) is 7.29. The molecular weight excluding hydrogens is 360 g/mol. The first-order valence-corrected chi connectivity index (χ1v) is 11.6. The van der Waals surface area contributed by atoms with Crippen LogP contribution in [0, 0.1) is 5.41 Å². The molecule has 1 aliphatic carbocycles. The molecule has 0 amide bonds. The van der Waals surface area contributed by atoms with Crippen molar-refractivity contribution in [2.75, 3.05) is 39.4 Å². The highest BCUT2D eigenvalue weighted by molar-refractivity contribution is 5.80. The number of nitrogens with one attached hydrogen (secondary N) is 2. The number of guanidine groups is 1. The maximum Gasteiger partial charge on any atom is 0.193 e. The lowest BCUT2D eigenvalue weighted by Crippen LogP contribution is -2.53. The van der Waals surface area contributed by atoms with Crippen LogP contribution in [0.4, 0.5) is 0 Å². The van der Waals surface area contributed by atoms with Crippen molar-refractivity contribution in [3.05, 3.63) is 35.9 Å². The Kier molecular flexibility index (Phi) is 6.45. The van der Waals surface area contributed by atoms with E-state index in [9.17, 15) is 0 Å². The molecule has 1 aromatic rings. The Morgan fingerprint density at radius 1 is 1.14 bits per heavy atom. The maximum atomic E-state index is 5.70. The third kappa shape index (κ3) is 4.77. The Labute approximate surface area is 176 Å². The van der Waals surface area contributed by atoms with Gasteiger partial charge in [0.15, 0.2) is 5.96 Å². The minimum atomic E-state index is 0.00204. The van der Waals surface area contributed by atoms with E-state index >= 15 is 0 Å². The van der Waals surface area contributed by atoms with Gasteiger partial charge in [0.1, 0.15) is 0 Å². The predicted molar refractivity (Wildman–Crippen MR) is 119 cm³/mol. The number of benzene rings is 1. The van der Waals surface area contributed by atoms with Crippen LogP contribution < -0.4 is 10.6 Å². The second-order valence-electron chi connectivity index (χ2n) is 9.36. The van der Waals surface area contributed by atoms with Crippen molar-refractivity contribution in [3.8, 4) is 0 Å². The number of aliphatic imine (C=N–C) groups is 1. The van der Waals surface area contributed by atoms with Crippen molar-refractivity contribution in [3.63, 3.8) is 0 Å². The quantitative estimate of drug-likeness (QED) is 0.566. The predicted octanol–water partition coefficient (Wildman–Crippen LogP) is 3.73. The number of nitrogens with zero attached hydrogens (tertiary/aromatic N) is 2. The topological polar surface area (TPSA) is 48.9 Å². The Bertz CT molecular complexity index is 679. The van der Waals surface area contributed by atoms with E-state index in [1.54, 1.807) is 0 Å². The van der Waals surface area contributed by atoms with Gasteiger partial charge in [-0.15, -0.1) is 0 Å². The molecule has 1 atom stereocenters. The molecule has 29 heavy (non-hydrogen) atoms. The standard InChI is InChI=1S/C24H38N4O/c1-3-25-22(28-15-12-23(19-28)10-7-11-23)26-18-24(13-16-29-17-14-24)27-20(2)21-8-5-4-6-9-21/h4-6,8-9,20,27H,3,7,10-19H2,1-2H3,(H,25,26). The first-order valence-electron chi connectivity index (χ1n) is 11.6. The number of ether oxygens (including phenoxy) is 1. The summed E-state index contributed by atoms with van der Waals surface area (Å²) in [5.41, 5.74) is 1.93. The normalized spacial score (nSPS) is 24.3. The van der Waals surface area contributed by atoms with E-state index in [1.165, 1.54) is 37.8 Å². The lowest BCUT2D eigenvalue weighted by atomic mass is 9.68. The van der Waals surface area contributed by atoms with Gasteiger partial charge in [0.05, 0.1) is 6.54 Å². The summed E-state index contributed by atoms with van der Waals surface area (Å²) >= 11 is 0. The van der Waals surface area contributed by atoms with Gasteiger partial charge in [-0.05, 0) is 56.9 Å². The highest BCUT2D eigenvalue weighted by Gasteiger charge is 2.43. The molecule has 1 aromatic carbocycles. The van der Waals surface area contributed by atoms with Gasteiger partial charge >= 0.3 is 0 Å². The molecular formula is C24H38N4O. The fourth-order valence-corrected chi connectivity index (χ4v) is 5.25. The highest BCUT2D eigenvalue weighted by Crippen LogP contribution is 2.47. The molecule has 0 radical (unpaired) electrons. The third-order valence-corrected chi connectivity index (χ3v) is 7.29. The SMILES string of the molecule is CCNC(=NCC1(NC(C)c2ccccc2)CCOCC1)N1CCC2(CCC2)C1. The molecule has 0 aromatic heterocycles. The summed E-state index contributed by atoms with van der Waals surface area (Å²) in [4.78, 5) is 7.69. The van der Waals surface area contributed by atoms with Crippen molar-refractivity contribution in [2.45, 2.75) is 64.0 Å². The molecule has 160 valence electrons. The van der Waals surface area contributed by atoms with E-state index in [1.807, 2.05) is 0 Å². The molecule has 4 rings (SSSR count). The van der Waals surface area contributed by atoms with Gasteiger partial charge in [-0.2, -0.15) is 0 Å². The van der Waals surface area contributed by atoms with Gasteiger partial charge in [0.25, 0.3) is 0 Å². The van der Waals surface area contributed by atoms with Gasteiger partial charge in [0.2, 0.25) is 0 Å². The summed E-state index contributed by atoms with van der Waals surface area (Å²) in [6.07, 6.45) is 7.57. The lowest BCUT2D eigenvalue weighted by molar-refractivity contribution is 0.0373. The number of hydrogen-bond donors (Lipinski definition) is 2. The maximum absolute atomic E-state index is 5.70. The fraction of sp³-hybridized carbons (Fsp3) is 0.708. The first kappa shape index (κ1) is 20.7. The summed E-state index contributed by atoms with van der Waals surface area (Å²) in [6, 6.07) is 11.0. The van der Waals surface area contributed by atoms with Crippen LogP contribution in [0.15, 0.2) is 35.3 Å². The lowest BCUT2D eigenvalue weighted by Gasteiger charge is -2.40. The average molecular weight is 399 g/mol. The van der Waals surface area contributed by atoms with E-state index in [0.29, 0.717) is 11.5 Å². The van der Waals surface area contributed by atoms with Crippen LogP contribution in [0.5, 0.6) is 0 Å². The summed E-state index contributed by atoms with van der Waals surface area (Å²) in [5.74, 6) is 1.11. The van der Waals surface area contributed by atoms with E-state index in [4.69, 9.17) is 9.73 Å². The minimum absolute atomic E-state index is 0.00204. The molecule has 2 N–H and O–H groups in total. The van der Waals surface area contributed by atoms with Crippen LogP contribution in [0.2, 0.25) is 0 Å². The molecule has 1 spiro atoms. The Hall–Kier alpha value is -1.59. The van der Waals surface area contributed by atoms with Crippen molar-refractivity contribution < 1.29 is 4.74 Å². The summed E-state index contributed by atoms with van der Waals surface area (Å²) in [7, 11) is 0. The number of hydrogen-bond acceptors (Lipinski definition) is 3. The second-order valence-corrected chi connectivity index (χ2v) is 9.36. The zero-order valence-corrected chi connectivity index (χ0v) is 18.3. The summed E-state index contributed by atoms with van der Waals surface area (Å²) in [5, 5.41) is 7.51. The summed E-state index contributed by atoms with van der Waals surface area (Å²) < 4.78 is 5.70. The van der Waals surface area contributed by atoms with Gasteiger partial charge in [-0.1, -0.05) is 36.8 Å². The van der Waals surface area contributed by atoms with Crippen molar-refractivity contribution in [2.24, 2.45) is 10.4 Å².